The Hall–Kier alpha value is -3.04. The number of amides is 1. The van der Waals surface area contributed by atoms with Gasteiger partial charge in [-0.25, -0.2) is 22.8 Å². The highest BCUT2D eigenvalue weighted by atomic mass is 32.2. The Bertz CT molecular complexity index is 1070. The maximum absolute atomic E-state index is 12.6. The van der Waals surface area contributed by atoms with E-state index in [0.29, 0.717) is 17.1 Å². The highest BCUT2D eigenvalue weighted by Gasteiger charge is 2.22. The number of benzene rings is 1. The molecule has 0 atom stereocenters. The zero-order chi connectivity index (χ0) is 20.4. The Labute approximate surface area is 163 Å². The second kappa shape index (κ2) is 7.53. The largest absolute Gasteiger partial charge is 0.319 e. The highest BCUT2D eigenvalue weighted by molar-refractivity contribution is 7.89. The zero-order valence-corrected chi connectivity index (χ0v) is 16.6. The van der Waals surface area contributed by atoms with Crippen molar-refractivity contribution in [1.29, 1.82) is 0 Å². The predicted octanol–water partition coefficient (Wildman–Crippen LogP) is 2.60. The van der Waals surface area contributed by atoms with Crippen LogP contribution < -0.4 is 10.0 Å². The van der Waals surface area contributed by atoms with Gasteiger partial charge in [0.1, 0.15) is 0 Å². The molecule has 0 saturated heterocycles. The second-order valence-corrected chi connectivity index (χ2v) is 8.84. The summed E-state index contributed by atoms with van der Waals surface area (Å²) in [4.78, 5) is 16.9. The summed E-state index contributed by atoms with van der Waals surface area (Å²) in [5.41, 5.74) is 0.213. The Balaban J connectivity index is 1.80. The number of hydrogen-bond acceptors (Lipinski definition) is 5. The van der Waals surface area contributed by atoms with Crippen LogP contribution in [0, 0.1) is 0 Å². The van der Waals surface area contributed by atoms with Crippen molar-refractivity contribution in [1.82, 2.24) is 19.5 Å². The van der Waals surface area contributed by atoms with Crippen LogP contribution in [0.2, 0.25) is 0 Å². The third-order valence-corrected chi connectivity index (χ3v) is 5.40. The topological polar surface area (TPSA) is 106 Å². The number of carbonyl (C=O) groups is 1. The normalized spacial score (nSPS) is 12.0. The lowest BCUT2D eigenvalue weighted by Crippen LogP contribution is -2.40. The van der Waals surface area contributed by atoms with Gasteiger partial charge in [0.2, 0.25) is 10.0 Å². The van der Waals surface area contributed by atoms with Crippen LogP contribution in [0.4, 0.5) is 5.69 Å². The fraction of sp³-hybridized carbons (Fsp3) is 0.211. The molecule has 0 aliphatic heterocycles. The molecule has 0 radical (unpaired) electrons. The van der Waals surface area contributed by atoms with Crippen molar-refractivity contribution in [3.8, 4) is 5.82 Å². The van der Waals surface area contributed by atoms with E-state index in [2.05, 4.69) is 20.1 Å². The molecule has 0 unspecified atom stereocenters. The second-order valence-electron chi connectivity index (χ2n) is 7.16. The van der Waals surface area contributed by atoms with Gasteiger partial charge in [0.15, 0.2) is 5.82 Å². The van der Waals surface area contributed by atoms with Crippen LogP contribution in [0.1, 0.15) is 31.1 Å². The van der Waals surface area contributed by atoms with Crippen LogP contribution in [-0.2, 0) is 10.0 Å². The van der Waals surface area contributed by atoms with Gasteiger partial charge in [-0.15, -0.1) is 0 Å². The molecule has 1 amide bonds. The number of sulfonamides is 1. The molecule has 0 spiro atoms. The molecule has 2 heterocycles. The Morgan fingerprint density at radius 1 is 1.04 bits per heavy atom. The first-order valence-corrected chi connectivity index (χ1v) is 10.0. The standard InChI is InChI=1S/C19H21N5O3S/c1-19(2,3)23-28(26,27)15-9-7-14(8-10-15)18(25)22-16-6-4-11-20-17(16)24-13-5-12-21-24/h4-13,23H,1-3H3,(H,22,25). The fourth-order valence-electron chi connectivity index (χ4n) is 2.51. The number of nitrogens with one attached hydrogen (secondary N) is 2. The average Bonchev–Trinajstić information content (AvgIpc) is 3.15. The van der Waals surface area contributed by atoms with Gasteiger partial charge in [-0.2, -0.15) is 5.10 Å². The summed E-state index contributed by atoms with van der Waals surface area (Å²) in [6, 6.07) is 10.9. The molecule has 3 aromatic rings. The van der Waals surface area contributed by atoms with Crippen LogP contribution in [0.5, 0.6) is 0 Å². The minimum absolute atomic E-state index is 0.0950. The van der Waals surface area contributed by atoms with E-state index in [1.807, 2.05) is 0 Å². The molecule has 0 aliphatic rings. The van der Waals surface area contributed by atoms with Crippen molar-refractivity contribution in [2.24, 2.45) is 0 Å². The van der Waals surface area contributed by atoms with Crippen LogP contribution in [0.25, 0.3) is 5.82 Å². The fourth-order valence-corrected chi connectivity index (χ4v) is 3.93. The van der Waals surface area contributed by atoms with Gasteiger partial charge in [-0.3, -0.25) is 4.79 Å². The van der Waals surface area contributed by atoms with Crippen molar-refractivity contribution in [2.75, 3.05) is 5.32 Å². The first-order valence-electron chi connectivity index (χ1n) is 8.56. The summed E-state index contributed by atoms with van der Waals surface area (Å²) >= 11 is 0. The smallest absolute Gasteiger partial charge is 0.255 e. The quantitative estimate of drug-likeness (QED) is 0.686. The lowest BCUT2D eigenvalue weighted by molar-refractivity contribution is 0.102. The number of aromatic nitrogens is 3. The number of hydrogen-bond donors (Lipinski definition) is 2. The summed E-state index contributed by atoms with van der Waals surface area (Å²) < 4.78 is 28.9. The van der Waals surface area contributed by atoms with Crippen molar-refractivity contribution in [3.63, 3.8) is 0 Å². The van der Waals surface area contributed by atoms with Gasteiger partial charge in [-0.1, -0.05) is 0 Å². The van der Waals surface area contributed by atoms with E-state index in [9.17, 15) is 13.2 Å². The summed E-state index contributed by atoms with van der Waals surface area (Å²) in [7, 11) is -3.66. The van der Waals surface area contributed by atoms with Gasteiger partial charge >= 0.3 is 0 Å². The maximum atomic E-state index is 12.6. The molecular weight excluding hydrogens is 378 g/mol. The van der Waals surface area contributed by atoms with Gasteiger partial charge < -0.3 is 5.32 Å². The minimum atomic E-state index is -3.66. The maximum Gasteiger partial charge on any atom is 0.255 e. The summed E-state index contributed by atoms with van der Waals surface area (Å²) in [6.45, 7) is 5.28. The van der Waals surface area contributed by atoms with Crippen molar-refractivity contribution >= 4 is 21.6 Å². The Morgan fingerprint density at radius 2 is 1.75 bits per heavy atom. The van der Waals surface area contributed by atoms with Crippen molar-refractivity contribution in [3.05, 3.63) is 66.6 Å². The molecule has 3 rings (SSSR count). The summed E-state index contributed by atoms with van der Waals surface area (Å²) in [5.74, 6) is 0.101. The number of rotatable bonds is 5. The number of carbonyl (C=O) groups excluding carboxylic acids is 1. The lowest BCUT2D eigenvalue weighted by atomic mass is 10.1. The van der Waals surface area contributed by atoms with Crippen LogP contribution in [0.3, 0.4) is 0 Å². The zero-order valence-electron chi connectivity index (χ0n) is 15.7. The van der Waals surface area contributed by atoms with Crippen LogP contribution in [0.15, 0.2) is 66.0 Å². The molecule has 0 aliphatic carbocycles. The van der Waals surface area contributed by atoms with E-state index < -0.39 is 15.6 Å². The molecule has 9 heteroatoms. The first kappa shape index (κ1) is 19.7. The van der Waals surface area contributed by atoms with E-state index in [1.165, 1.54) is 24.3 Å². The molecule has 146 valence electrons. The first-order chi connectivity index (χ1) is 13.2. The molecule has 0 fully saturated rings. The lowest BCUT2D eigenvalue weighted by Gasteiger charge is -2.20. The summed E-state index contributed by atoms with van der Waals surface area (Å²) in [6.07, 6.45) is 4.94. The monoisotopic (exact) mass is 399 g/mol. The van der Waals surface area contributed by atoms with Gasteiger partial charge in [0, 0.05) is 29.7 Å². The molecule has 2 N–H and O–H groups in total. The Kier molecular flexibility index (Phi) is 5.30. The molecule has 1 aromatic carbocycles. The predicted molar refractivity (Wildman–Crippen MR) is 106 cm³/mol. The number of nitrogens with zero attached hydrogens (tertiary/aromatic N) is 3. The van der Waals surface area contributed by atoms with Crippen molar-refractivity contribution < 1.29 is 13.2 Å². The van der Waals surface area contributed by atoms with Gasteiger partial charge in [-0.05, 0) is 63.2 Å². The SMILES string of the molecule is CC(C)(C)NS(=O)(=O)c1ccc(C(=O)Nc2cccnc2-n2cccn2)cc1. The molecule has 2 aromatic heterocycles. The average molecular weight is 399 g/mol. The minimum Gasteiger partial charge on any atom is -0.319 e. The van der Waals surface area contributed by atoms with E-state index in [-0.39, 0.29) is 10.8 Å². The number of anilines is 1. The molecule has 8 nitrogen and oxygen atoms in total. The third kappa shape index (κ3) is 4.62. The van der Waals surface area contributed by atoms with Crippen LogP contribution >= 0.6 is 0 Å². The van der Waals surface area contributed by atoms with E-state index in [0.717, 1.165) is 0 Å². The Morgan fingerprint density at radius 3 is 2.36 bits per heavy atom. The summed E-state index contributed by atoms with van der Waals surface area (Å²) in [5, 5.41) is 6.91. The molecule has 28 heavy (non-hydrogen) atoms. The van der Waals surface area contributed by atoms with E-state index >= 15 is 0 Å². The molecule has 0 bridgehead atoms. The molecular formula is C19H21N5O3S. The van der Waals surface area contributed by atoms with Crippen molar-refractivity contribution in [2.45, 2.75) is 31.2 Å². The van der Waals surface area contributed by atoms with E-state index in [1.54, 1.807) is 62.2 Å². The van der Waals surface area contributed by atoms with Crippen LogP contribution in [-0.4, -0.2) is 34.6 Å². The number of pyridine rings is 1. The highest BCUT2D eigenvalue weighted by Crippen LogP contribution is 2.18. The van der Waals surface area contributed by atoms with E-state index in [4.69, 9.17) is 0 Å². The van der Waals surface area contributed by atoms with Gasteiger partial charge in [0.25, 0.3) is 5.91 Å². The van der Waals surface area contributed by atoms with Gasteiger partial charge in [0.05, 0.1) is 10.6 Å². The molecule has 0 saturated carbocycles. The third-order valence-electron chi connectivity index (χ3n) is 3.62.